The molecule has 1 rings (SSSR count). The molecule has 1 aromatic heterocycles. The molecule has 6 heteroatoms. The summed E-state index contributed by atoms with van der Waals surface area (Å²) in [6.45, 7) is 2.30. The summed E-state index contributed by atoms with van der Waals surface area (Å²) in [4.78, 5) is 15.6. The molecule has 5 nitrogen and oxygen atoms in total. The van der Waals surface area contributed by atoms with Gasteiger partial charge in [-0.05, 0) is 25.0 Å². The molecule has 0 spiro atoms. The largest absolute Gasteiger partial charge is 0.385 e. The predicted octanol–water partition coefficient (Wildman–Crippen LogP) is 1.35. The van der Waals surface area contributed by atoms with Gasteiger partial charge in [0.05, 0.1) is 11.7 Å². The highest BCUT2D eigenvalue weighted by molar-refractivity contribution is 6.32. The van der Waals surface area contributed by atoms with E-state index in [0.717, 1.165) is 5.56 Å². The van der Waals surface area contributed by atoms with E-state index < -0.39 is 6.04 Å². The summed E-state index contributed by atoms with van der Waals surface area (Å²) in [5.74, 6) is -0.295. The summed E-state index contributed by atoms with van der Waals surface area (Å²) < 4.78 is 4.86. The molecule has 0 bridgehead atoms. The topological polar surface area (TPSA) is 77.2 Å². The van der Waals surface area contributed by atoms with Crippen molar-refractivity contribution >= 4 is 23.2 Å². The Labute approximate surface area is 105 Å². The molecule has 0 aliphatic rings. The second kappa shape index (κ2) is 6.54. The number of ether oxygens (including phenoxy) is 1. The lowest BCUT2D eigenvalue weighted by atomic mass is 10.2. The van der Waals surface area contributed by atoms with Crippen molar-refractivity contribution in [2.45, 2.75) is 19.4 Å². The number of pyridine rings is 1. The lowest BCUT2D eigenvalue weighted by molar-refractivity contribution is -0.117. The number of nitrogens with zero attached hydrogens (tertiary/aromatic N) is 1. The zero-order valence-corrected chi connectivity index (χ0v) is 10.6. The number of aromatic nitrogens is 1. The molecule has 3 N–H and O–H groups in total. The van der Waals surface area contributed by atoms with E-state index in [9.17, 15) is 4.79 Å². The van der Waals surface area contributed by atoms with Gasteiger partial charge >= 0.3 is 0 Å². The highest BCUT2D eigenvalue weighted by Crippen LogP contribution is 2.19. The molecule has 1 atom stereocenters. The van der Waals surface area contributed by atoms with Crippen molar-refractivity contribution in [3.05, 3.63) is 23.0 Å². The van der Waals surface area contributed by atoms with E-state index in [-0.39, 0.29) is 11.1 Å². The molecule has 1 amide bonds. The number of halogens is 1. The summed E-state index contributed by atoms with van der Waals surface area (Å²) in [6.07, 6.45) is 2.09. The minimum atomic E-state index is -0.619. The van der Waals surface area contributed by atoms with Gasteiger partial charge in [-0.3, -0.25) is 4.79 Å². The molecule has 1 unspecified atom stereocenters. The fourth-order valence-electron chi connectivity index (χ4n) is 1.24. The number of aryl methyl sites for hydroxylation is 1. The molecule has 0 aliphatic heterocycles. The Morgan fingerprint density at radius 2 is 2.41 bits per heavy atom. The normalized spacial score (nSPS) is 12.2. The molecule has 1 heterocycles. The molecule has 17 heavy (non-hydrogen) atoms. The van der Waals surface area contributed by atoms with Crippen molar-refractivity contribution in [1.82, 2.24) is 4.98 Å². The Balaban J connectivity index is 2.64. The summed E-state index contributed by atoms with van der Waals surface area (Å²) in [7, 11) is 1.56. The molecule has 0 aromatic carbocycles. The van der Waals surface area contributed by atoms with Gasteiger partial charge in [-0.15, -0.1) is 0 Å². The van der Waals surface area contributed by atoms with Gasteiger partial charge in [0.25, 0.3) is 0 Å². The number of methoxy groups -OCH3 is 1. The number of nitrogens with one attached hydrogen (secondary N) is 1. The van der Waals surface area contributed by atoms with E-state index in [1.165, 1.54) is 0 Å². The summed E-state index contributed by atoms with van der Waals surface area (Å²) in [5.41, 5.74) is 7.07. The number of amides is 1. The smallest absolute Gasteiger partial charge is 0.241 e. The van der Waals surface area contributed by atoms with Crippen LogP contribution in [0.4, 0.5) is 5.69 Å². The van der Waals surface area contributed by atoms with Gasteiger partial charge in [-0.2, -0.15) is 0 Å². The zero-order valence-electron chi connectivity index (χ0n) is 9.87. The predicted molar refractivity (Wildman–Crippen MR) is 67.1 cm³/mol. The van der Waals surface area contributed by atoms with E-state index in [1.54, 1.807) is 19.4 Å². The molecule has 1 aromatic rings. The van der Waals surface area contributed by atoms with Crippen LogP contribution >= 0.6 is 11.6 Å². The first kappa shape index (κ1) is 13.9. The van der Waals surface area contributed by atoms with Crippen LogP contribution in [-0.4, -0.2) is 30.6 Å². The standard InChI is InChI=1S/C11H16ClN3O2/c1-7-5-9(10(12)14-6-7)15-11(16)8(13)3-4-17-2/h5-6,8H,3-4,13H2,1-2H3,(H,15,16). The van der Waals surface area contributed by atoms with Gasteiger partial charge in [0.15, 0.2) is 5.15 Å². The van der Waals surface area contributed by atoms with Crippen LogP contribution in [-0.2, 0) is 9.53 Å². The van der Waals surface area contributed by atoms with Gasteiger partial charge in [0, 0.05) is 19.9 Å². The number of carbonyl (C=O) groups excluding carboxylic acids is 1. The lowest BCUT2D eigenvalue weighted by Crippen LogP contribution is -2.36. The molecular weight excluding hydrogens is 242 g/mol. The second-order valence-corrected chi connectivity index (χ2v) is 4.09. The SMILES string of the molecule is COCCC(N)C(=O)Nc1cc(C)cnc1Cl. The van der Waals surface area contributed by atoms with Crippen LogP contribution < -0.4 is 11.1 Å². The molecule has 0 saturated heterocycles. The first-order chi connectivity index (χ1) is 8.04. The van der Waals surface area contributed by atoms with Crippen LogP contribution in [0.3, 0.4) is 0 Å². The lowest BCUT2D eigenvalue weighted by Gasteiger charge is -2.12. The highest BCUT2D eigenvalue weighted by Gasteiger charge is 2.14. The summed E-state index contributed by atoms with van der Waals surface area (Å²) >= 11 is 5.86. The van der Waals surface area contributed by atoms with Crippen LogP contribution in [0.15, 0.2) is 12.3 Å². The first-order valence-electron chi connectivity index (χ1n) is 5.22. The Bertz CT molecular complexity index is 398. The molecule has 0 radical (unpaired) electrons. The number of hydrogen-bond acceptors (Lipinski definition) is 4. The molecular formula is C11H16ClN3O2. The second-order valence-electron chi connectivity index (χ2n) is 3.73. The van der Waals surface area contributed by atoms with Gasteiger partial charge in [0.2, 0.25) is 5.91 Å². The molecule has 94 valence electrons. The van der Waals surface area contributed by atoms with Crippen LogP contribution in [0.5, 0.6) is 0 Å². The number of carbonyl (C=O) groups is 1. The maximum atomic E-state index is 11.7. The average Bonchev–Trinajstić information content (AvgIpc) is 2.30. The Morgan fingerprint density at radius 3 is 3.06 bits per heavy atom. The summed E-state index contributed by atoms with van der Waals surface area (Å²) in [6, 6.07) is 1.13. The van der Waals surface area contributed by atoms with Crippen LogP contribution in [0.1, 0.15) is 12.0 Å². The van der Waals surface area contributed by atoms with Crippen molar-refractivity contribution in [3.63, 3.8) is 0 Å². The third kappa shape index (κ3) is 4.30. The maximum absolute atomic E-state index is 11.7. The Kier molecular flexibility index (Phi) is 5.34. The number of nitrogens with two attached hydrogens (primary N) is 1. The summed E-state index contributed by atoms with van der Waals surface area (Å²) in [5, 5.41) is 2.90. The van der Waals surface area contributed by atoms with Gasteiger partial charge < -0.3 is 15.8 Å². The van der Waals surface area contributed by atoms with Crippen LogP contribution in [0.25, 0.3) is 0 Å². The van der Waals surface area contributed by atoms with E-state index in [2.05, 4.69) is 10.3 Å². The maximum Gasteiger partial charge on any atom is 0.241 e. The third-order valence-electron chi connectivity index (χ3n) is 2.20. The van der Waals surface area contributed by atoms with E-state index in [4.69, 9.17) is 22.1 Å². The van der Waals surface area contributed by atoms with Gasteiger partial charge in [0.1, 0.15) is 0 Å². The minimum absolute atomic E-state index is 0.253. The fourth-order valence-corrected chi connectivity index (χ4v) is 1.39. The highest BCUT2D eigenvalue weighted by atomic mass is 35.5. The quantitative estimate of drug-likeness (QED) is 0.781. The van der Waals surface area contributed by atoms with Crippen molar-refractivity contribution in [3.8, 4) is 0 Å². The first-order valence-corrected chi connectivity index (χ1v) is 5.60. The van der Waals surface area contributed by atoms with Gasteiger partial charge in [-0.25, -0.2) is 4.98 Å². The van der Waals surface area contributed by atoms with E-state index in [1.807, 2.05) is 6.92 Å². The molecule has 0 aliphatic carbocycles. The number of anilines is 1. The third-order valence-corrected chi connectivity index (χ3v) is 2.50. The van der Waals surface area contributed by atoms with E-state index >= 15 is 0 Å². The molecule has 0 saturated carbocycles. The fraction of sp³-hybridized carbons (Fsp3) is 0.455. The van der Waals surface area contributed by atoms with Gasteiger partial charge in [-0.1, -0.05) is 11.6 Å². The van der Waals surface area contributed by atoms with Crippen molar-refractivity contribution in [2.75, 3.05) is 19.0 Å². The molecule has 0 fully saturated rings. The monoisotopic (exact) mass is 257 g/mol. The Hall–Kier alpha value is -1.17. The Morgan fingerprint density at radius 1 is 1.71 bits per heavy atom. The number of hydrogen-bond donors (Lipinski definition) is 2. The van der Waals surface area contributed by atoms with Crippen molar-refractivity contribution in [1.29, 1.82) is 0 Å². The number of rotatable bonds is 5. The average molecular weight is 258 g/mol. The van der Waals surface area contributed by atoms with E-state index in [0.29, 0.717) is 18.7 Å². The van der Waals surface area contributed by atoms with Crippen LogP contribution in [0, 0.1) is 6.92 Å². The van der Waals surface area contributed by atoms with Crippen LogP contribution in [0.2, 0.25) is 5.15 Å². The zero-order chi connectivity index (χ0) is 12.8. The minimum Gasteiger partial charge on any atom is -0.385 e. The van der Waals surface area contributed by atoms with Crippen molar-refractivity contribution < 1.29 is 9.53 Å². The van der Waals surface area contributed by atoms with Crippen molar-refractivity contribution in [2.24, 2.45) is 5.73 Å².